The summed E-state index contributed by atoms with van der Waals surface area (Å²) in [6, 6.07) is -0.887. The van der Waals surface area contributed by atoms with Gasteiger partial charge in [-0.05, 0) is 13.3 Å². The fourth-order valence-corrected chi connectivity index (χ4v) is 1.63. The molecule has 6 heteroatoms. The van der Waals surface area contributed by atoms with Crippen LogP contribution in [0.15, 0.2) is 4.42 Å². The van der Waals surface area contributed by atoms with Gasteiger partial charge >= 0.3 is 5.97 Å². The van der Waals surface area contributed by atoms with Gasteiger partial charge in [-0.2, -0.15) is 0 Å². The van der Waals surface area contributed by atoms with Crippen molar-refractivity contribution < 1.29 is 19.1 Å². The van der Waals surface area contributed by atoms with E-state index in [4.69, 9.17) is 9.52 Å². The second kappa shape index (κ2) is 6.18. The van der Waals surface area contributed by atoms with Crippen LogP contribution in [0.4, 0.5) is 0 Å². The molecule has 0 fully saturated rings. The highest BCUT2D eigenvalue weighted by molar-refractivity contribution is 5.95. The van der Waals surface area contributed by atoms with Crippen LogP contribution in [0.3, 0.4) is 0 Å². The van der Waals surface area contributed by atoms with Crippen molar-refractivity contribution in [1.82, 2.24) is 10.3 Å². The van der Waals surface area contributed by atoms with Gasteiger partial charge in [-0.3, -0.25) is 4.79 Å². The van der Waals surface area contributed by atoms with Gasteiger partial charge in [0.25, 0.3) is 5.91 Å². The summed E-state index contributed by atoms with van der Waals surface area (Å²) < 4.78 is 5.15. The van der Waals surface area contributed by atoms with E-state index in [0.29, 0.717) is 18.0 Å². The average molecular weight is 254 g/mol. The molecular weight excluding hydrogens is 236 g/mol. The van der Waals surface area contributed by atoms with Gasteiger partial charge in [-0.1, -0.05) is 19.8 Å². The summed E-state index contributed by atoms with van der Waals surface area (Å²) in [5, 5.41) is 11.5. The van der Waals surface area contributed by atoms with E-state index in [1.807, 2.05) is 6.92 Å². The van der Waals surface area contributed by atoms with Crippen molar-refractivity contribution in [3.63, 3.8) is 0 Å². The van der Waals surface area contributed by atoms with Crippen LogP contribution in [0.1, 0.15) is 48.3 Å². The smallest absolute Gasteiger partial charge is 0.326 e. The molecule has 0 unspecified atom stereocenters. The number of unbranched alkanes of at least 4 members (excludes halogenated alkanes) is 1. The molecule has 0 bridgehead atoms. The van der Waals surface area contributed by atoms with Gasteiger partial charge in [0.1, 0.15) is 6.04 Å². The quantitative estimate of drug-likeness (QED) is 0.805. The number of amides is 1. The summed E-state index contributed by atoms with van der Waals surface area (Å²) in [4.78, 5) is 26.8. The van der Waals surface area contributed by atoms with Crippen LogP contribution in [0.5, 0.6) is 0 Å². The van der Waals surface area contributed by atoms with Crippen LogP contribution < -0.4 is 5.32 Å². The van der Waals surface area contributed by atoms with Gasteiger partial charge in [0.05, 0.1) is 5.69 Å². The zero-order chi connectivity index (χ0) is 13.7. The number of aromatic nitrogens is 1. The lowest BCUT2D eigenvalue weighted by atomic mass is 10.1. The molecule has 1 atom stereocenters. The summed E-state index contributed by atoms with van der Waals surface area (Å²) >= 11 is 0. The Morgan fingerprint density at radius 3 is 2.56 bits per heavy atom. The first-order chi connectivity index (χ1) is 8.45. The largest absolute Gasteiger partial charge is 0.480 e. The molecule has 0 saturated carbocycles. The second-order valence-corrected chi connectivity index (χ2v) is 4.15. The van der Waals surface area contributed by atoms with Gasteiger partial charge in [0, 0.05) is 6.92 Å². The Hall–Kier alpha value is -1.85. The van der Waals surface area contributed by atoms with E-state index in [1.165, 1.54) is 0 Å². The lowest BCUT2D eigenvalue weighted by Crippen LogP contribution is -2.40. The summed E-state index contributed by atoms with van der Waals surface area (Å²) in [6.07, 6.45) is 2.02. The van der Waals surface area contributed by atoms with Crippen LogP contribution in [0.25, 0.3) is 0 Å². The minimum Gasteiger partial charge on any atom is -0.480 e. The molecule has 0 aromatic carbocycles. The number of rotatable bonds is 6. The molecule has 6 nitrogen and oxygen atoms in total. The number of nitrogens with one attached hydrogen (secondary N) is 1. The Morgan fingerprint density at radius 2 is 2.11 bits per heavy atom. The predicted octanol–water partition coefficient (Wildman–Crippen LogP) is 1.66. The molecule has 1 aromatic rings. The lowest BCUT2D eigenvalue weighted by Gasteiger charge is -2.12. The molecular formula is C12H18N2O4. The Balaban J connectivity index is 2.72. The first kappa shape index (κ1) is 14.2. The van der Waals surface area contributed by atoms with E-state index in [9.17, 15) is 9.59 Å². The summed E-state index contributed by atoms with van der Waals surface area (Å²) in [6.45, 7) is 5.24. The van der Waals surface area contributed by atoms with Crippen molar-refractivity contribution in [1.29, 1.82) is 0 Å². The van der Waals surface area contributed by atoms with Crippen LogP contribution in [0.2, 0.25) is 0 Å². The number of oxazole rings is 1. The molecule has 2 N–H and O–H groups in total. The Kier molecular flexibility index (Phi) is 4.88. The van der Waals surface area contributed by atoms with Gasteiger partial charge < -0.3 is 14.8 Å². The number of carboxylic acids is 1. The number of carbonyl (C=O) groups excluding carboxylic acids is 1. The van der Waals surface area contributed by atoms with Crippen molar-refractivity contribution >= 4 is 11.9 Å². The van der Waals surface area contributed by atoms with Gasteiger partial charge in [0.2, 0.25) is 5.76 Å². The normalized spacial score (nSPS) is 12.2. The average Bonchev–Trinajstić information content (AvgIpc) is 2.63. The van der Waals surface area contributed by atoms with Gasteiger partial charge in [-0.25, -0.2) is 9.78 Å². The van der Waals surface area contributed by atoms with E-state index in [-0.39, 0.29) is 5.76 Å². The number of nitrogens with zero attached hydrogens (tertiary/aromatic N) is 1. The van der Waals surface area contributed by atoms with E-state index in [0.717, 1.165) is 12.8 Å². The van der Waals surface area contributed by atoms with Crippen LogP contribution in [0, 0.1) is 13.8 Å². The maximum absolute atomic E-state index is 11.8. The lowest BCUT2D eigenvalue weighted by molar-refractivity contribution is -0.139. The third-order valence-corrected chi connectivity index (χ3v) is 2.56. The fourth-order valence-electron chi connectivity index (χ4n) is 1.63. The van der Waals surface area contributed by atoms with E-state index >= 15 is 0 Å². The minimum atomic E-state index is -1.04. The van der Waals surface area contributed by atoms with E-state index in [2.05, 4.69) is 10.3 Å². The Labute approximate surface area is 105 Å². The number of aliphatic carboxylic acids is 1. The van der Waals surface area contributed by atoms with Gasteiger partial charge in [0.15, 0.2) is 5.89 Å². The maximum atomic E-state index is 11.8. The number of aryl methyl sites for hydroxylation is 2. The summed E-state index contributed by atoms with van der Waals surface area (Å²) in [7, 11) is 0. The Morgan fingerprint density at radius 1 is 1.44 bits per heavy atom. The molecule has 0 saturated heterocycles. The van der Waals surface area contributed by atoms with Crippen molar-refractivity contribution in [2.75, 3.05) is 0 Å². The molecule has 1 amide bonds. The number of hydrogen-bond donors (Lipinski definition) is 2. The minimum absolute atomic E-state index is 0.0789. The first-order valence-corrected chi connectivity index (χ1v) is 5.93. The molecule has 100 valence electrons. The zero-order valence-corrected chi connectivity index (χ0v) is 10.8. The molecule has 1 aromatic heterocycles. The molecule has 0 spiro atoms. The van der Waals surface area contributed by atoms with Gasteiger partial charge in [-0.15, -0.1) is 0 Å². The summed E-state index contributed by atoms with van der Waals surface area (Å²) in [5.41, 5.74) is 0.463. The molecule has 0 aliphatic rings. The molecule has 1 heterocycles. The number of carboxylic acid groups (broad SMARTS) is 1. The number of carbonyl (C=O) groups is 2. The van der Waals surface area contributed by atoms with Crippen molar-refractivity contribution in [3.8, 4) is 0 Å². The number of hydrogen-bond acceptors (Lipinski definition) is 4. The van der Waals surface area contributed by atoms with Crippen molar-refractivity contribution in [2.24, 2.45) is 0 Å². The SMILES string of the molecule is CCCC[C@H](NC(=O)c1oc(C)nc1C)C(=O)O. The highest BCUT2D eigenvalue weighted by Gasteiger charge is 2.23. The topological polar surface area (TPSA) is 92.4 Å². The molecule has 18 heavy (non-hydrogen) atoms. The predicted molar refractivity (Wildman–Crippen MR) is 64.4 cm³/mol. The van der Waals surface area contributed by atoms with E-state index < -0.39 is 17.9 Å². The van der Waals surface area contributed by atoms with Crippen LogP contribution in [-0.2, 0) is 4.79 Å². The Bertz CT molecular complexity index is 439. The molecule has 0 aliphatic heterocycles. The molecule has 0 aliphatic carbocycles. The zero-order valence-electron chi connectivity index (χ0n) is 10.8. The van der Waals surface area contributed by atoms with Crippen LogP contribution in [-0.4, -0.2) is 28.0 Å². The van der Waals surface area contributed by atoms with E-state index in [1.54, 1.807) is 13.8 Å². The van der Waals surface area contributed by atoms with Crippen LogP contribution >= 0.6 is 0 Å². The highest BCUT2D eigenvalue weighted by atomic mass is 16.4. The second-order valence-electron chi connectivity index (χ2n) is 4.15. The maximum Gasteiger partial charge on any atom is 0.326 e. The van der Waals surface area contributed by atoms with Crippen molar-refractivity contribution in [3.05, 3.63) is 17.3 Å². The fraction of sp³-hybridized carbons (Fsp3) is 0.583. The third kappa shape index (κ3) is 3.58. The summed E-state index contributed by atoms with van der Waals surface area (Å²) in [5.74, 6) is -1.10. The third-order valence-electron chi connectivity index (χ3n) is 2.56. The molecule has 1 rings (SSSR count). The monoisotopic (exact) mass is 254 g/mol. The molecule has 0 radical (unpaired) electrons. The first-order valence-electron chi connectivity index (χ1n) is 5.93. The van der Waals surface area contributed by atoms with Crippen molar-refractivity contribution in [2.45, 2.75) is 46.1 Å². The highest BCUT2D eigenvalue weighted by Crippen LogP contribution is 2.10. The standard InChI is InChI=1S/C12H18N2O4/c1-4-5-6-9(12(16)17)14-11(15)10-7(2)13-8(3)18-10/h9H,4-6H2,1-3H3,(H,14,15)(H,16,17)/t9-/m0/s1.